The largest absolute Gasteiger partial charge is 0.484 e. The Morgan fingerprint density at radius 1 is 1.10 bits per heavy atom. The fraction of sp³-hybridized carbons (Fsp3) is 0.350. The number of carbonyl (C=O) groups excluding carboxylic acids is 1. The molecule has 0 bridgehead atoms. The van der Waals surface area contributed by atoms with Gasteiger partial charge < -0.3 is 10.1 Å². The number of rotatable bonds is 7. The lowest BCUT2D eigenvalue weighted by atomic mass is 10.2. The average Bonchev–Trinajstić information content (AvgIpc) is 3.27. The molecule has 1 amide bonds. The van der Waals surface area contributed by atoms with Gasteiger partial charge in [0.1, 0.15) is 5.75 Å². The highest BCUT2D eigenvalue weighted by Crippen LogP contribution is 2.25. The molecule has 168 valence electrons. The number of sulfonamides is 1. The van der Waals surface area contributed by atoms with Gasteiger partial charge in [-0.15, -0.1) is 0 Å². The number of carbonyl (C=O) groups is 1. The molecular formula is C20H20ClF3N2O4S. The van der Waals surface area contributed by atoms with Crippen molar-refractivity contribution in [1.29, 1.82) is 0 Å². The highest BCUT2D eigenvalue weighted by atomic mass is 35.5. The quantitative estimate of drug-likeness (QED) is 0.655. The lowest BCUT2D eigenvalue weighted by Gasteiger charge is -2.16. The smallest absolute Gasteiger partial charge is 0.422 e. The monoisotopic (exact) mass is 476 g/mol. The van der Waals surface area contributed by atoms with Crippen molar-refractivity contribution in [3.63, 3.8) is 0 Å². The van der Waals surface area contributed by atoms with Crippen LogP contribution in [0.3, 0.4) is 0 Å². The predicted molar refractivity (Wildman–Crippen MR) is 109 cm³/mol. The third kappa shape index (κ3) is 6.11. The Balaban J connectivity index is 1.65. The molecule has 1 saturated heterocycles. The first-order valence-corrected chi connectivity index (χ1v) is 11.2. The van der Waals surface area contributed by atoms with Crippen molar-refractivity contribution in [3.8, 4) is 5.75 Å². The van der Waals surface area contributed by atoms with Gasteiger partial charge in [0.25, 0.3) is 5.91 Å². The third-order valence-electron chi connectivity index (χ3n) is 4.66. The number of alkyl halides is 3. The van der Waals surface area contributed by atoms with Crippen molar-refractivity contribution in [2.45, 2.75) is 30.5 Å². The zero-order valence-electron chi connectivity index (χ0n) is 16.3. The normalized spacial score (nSPS) is 15.1. The van der Waals surface area contributed by atoms with E-state index in [4.69, 9.17) is 11.6 Å². The molecule has 11 heteroatoms. The molecule has 31 heavy (non-hydrogen) atoms. The summed E-state index contributed by atoms with van der Waals surface area (Å²) in [7, 11) is -3.70. The summed E-state index contributed by atoms with van der Waals surface area (Å²) >= 11 is 6.10. The number of hydrogen-bond acceptors (Lipinski definition) is 4. The van der Waals surface area contributed by atoms with Gasteiger partial charge >= 0.3 is 6.18 Å². The van der Waals surface area contributed by atoms with Gasteiger partial charge in [0.15, 0.2) is 6.61 Å². The number of benzene rings is 2. The van der Waals surface area contributed by atoms with Crippen LogP contribution in [0, 0.1) is 0 Å². The van der Waals surface area contributed by atoms with E-state index in [9.17, 15) is 26.4 Å². The number of halogens is 4. The maximum Gasteiger partial charge on any atom is 0.422 e. The second kappa shape index (κ2) is 9.46. The van der Waals surface area contributed by atoms with Gasteiger partial charge in [0.05, 0.1) is 15.5 Å². The van der Waals surface area contributed by atoms with Crippen LogP contribution in [0.15, 0.2) is 47.4 Å². The van der Waals surface area contributed by atoms with E-state index in [1.807, 2.05) is 0 Å². The number of nitrogens with zero attached hydrogens (tertiary/aromatic N) is 1. The number of ether oxygens (including phenoxy) is 1. The van der Waals surface area contributed by atoms with E-state index in [2.05, 4.69) is 10.1 Å². The topological polar surface area (TPSA) is 75.7 Å². The Labute approximate surface area is 183 Å². The number of amides is 1. The van der Waals surface area contributed by atoms with Crippen LogP contribution in [-0.2, 0) is 16.6 Å². The van der Waals surface area contributed by atoms with Crippen LogP contribution >= 0.6 is 11.6 Å². The molecule has 1 heterocycles. The zero-order chi connectivity index (χ0) is 22.6. The summed E-state index contributed by atoms with van der Waals surface area (Å²) in [5, 5.41) is 2.73. The molecule has 0 aliphatic carbocycles. The maximum atomic E-state index is 12.7. The first-order valence-electron chi connectivity index (χ1n) is 9.43. The summed E-state index contributed by atoms with van der Waals surface area (Å²) in [5.74, 6) is -0.517. The van der Waals surface area contributed by atoms with Gasteiger partial charge in [-0.1, -0.05) is 23.7 Å². The standard InChI is InChI=1S/C20H20ClF3N2O4S/c21-18-8-7-16(31(28,29)26-9-1-2-10-26)11-17(18)19(27)25-12-14-3-5-15(6-4-14)30-13-20(22,23)24/h3-8,11H,1-2,9-10,12-13H2,(H,25,27). The third-order valence-corrected chi connectivity index (χ3v) is 6.89. The molecule has 2 aromatic carbocycles. The van der Waals surface area contributed by atoms with E-state index in [0.717, 1.165) is 12.8 Å². The summed E-state index contributed by atoms with van der Waals surface area (Å²) in [6, 6.07) is 9.74. The minimum Gasteiger partial charge on any atom is -0.484 e. The van der Waals surface area contributed by atoms with Crippen LogP contribution in [0.1, 0.15) is 28.8 Å². The maximum absolute atomic E-state index is 12.7. The molecule has 0 atom stereocenters. The molecule has 1 fully saturated rings. The second-order valence-electron chi connectivity index (χ2n) is 6.98. The van der Waals surface area contributed by atoms with E-state index < -0.39 is 28.7 Å². The van der Waals surface area contributed by atoms with Crippen molar-refractivity contribution in [2.24, 2.45) is 0 Å². The van der Waals surface area contributed by atoms with Crippen LogP contribution < -0.4 is 10.1 Å². The highest BCUT2D eigenvalue weighted by molar-refractivity contribution is 7.89. The van der Waals surface area contributed by atoms with E-state index in [1.165, 1.54) is 46.8 Å². The molecule has 2 aromatic rings. The molecule has 0 aromatic heterocycles. The minimum atomic E-state index is -4.43. The molecule has 1 aliphatic rings. The fourth-order valence-electron chi connectivity index (χ4n) is 3.06. The molecule has 1 N–H and O–H groups in total. The van der Waals surface area contributed by atoms with Crippen molar-refractivity contribution in [3.05, 3.63) is 58.6 Å². The minimum absolute atomic E-state index is 0.00452. The van der Waals surface area contributed by atoms with Crippen molar-refractivity contribution >= 4 is 27.5 Å². The van der Waals surface area contributed by atoms with Gasteiger partial charge in [-0.3, -0.25) is 4.79 Å². The lowest BCUT2D eigenvalue weighted by molar-refractivity contribution is -0.153. The Morgan fingerprint density at radius 3 is 2.35 bits per heavy atom. The summed E-state index contributed by atoms with van der Waals surface area (Å²) in [5.41, 5.74) is 0.636. The van der Waals surface area contributed by atoms with Crippen LogP contribution in [0.2, 0.25) is 5.02 Å². The Kier molecular flexibility index (Phi) is 7.13. The molecule has 0 spiro atoms. The van der Waals surface area contributed by atoms with E-state index >= 15 is 0 Å². The van der Waals surface area contributed by atoms with E-state index in [-0.39, 0.29) is 27.8 Å². The van der Waals surface area contributed by atoms with Crippen molar-refractivity contribution in [2.75, 3.05) is 19.7 Å². The molecule has 6 nitrogen and oxygen atoms in total. The van der Waals surface area contributed by atoms with E-state index in [1.54, 1.807) is 0 Å². The Morgan fingerprint density at radius 2 is 1.74 bits per heavy atom. The number of hydrogen-bond donors (Lipinski definition) is 1. The summed E-state index contributed by atoms with van der Waals surface area (Å²) in [6.45, 7) is -0.444. The van der Waals surface area contributed by atoms with Crippen LogP contribution in [-0.4, -0.2) is 44.5 Å². The summed E-state index contributed by atoms with van der Waals surface area (Å²) in [6.07, 6.45) is -2.84. The van der Waals surface area contributed by atoms with Crippen LogP contribution in [0.4, 0.5) is 13.2 Å². The van der Waals surface area contributed by atoms with Crippen LogP contribution in [0.5, 0.6) is 5.75 Å². The fourth-order valence-corrected chi connectivity index (χ4v) is 4.81. The first-order chi connectivity index (χ1) is 14.6. The van der Waals surface area contributed by atoms with E-state index in [0.29, 0.717) is 18.7 Å². The second-order valence-corrected chi connectivity index (χ2v) is 9.33. The van der Waals surface area contributed by atoms with Crippen molar-refractivity contribution in [1.82, 2.24) is 9.62 Å². The first kappa shape index (κ1) is 23.4. The van der Waals surface area contributed by atoms with Gasteiger partial charge in [0.2, 0.25) is 10.0 Å². The summed E-state index contributed by atoms with van der Waals surface area (Å²) < 4.78 is 68.0. The van der Waals surface area contributed by atoms with Gasteiger partial charge in [-0.05, 0) is 48.7 Å². The molecular weight excluding hydrogens is 457 g/mol. The van der Waals surface area contributed by atoms with Crippen molar-refractivity contribution < 1.29 is 31.1 Å². The Hall–Kier alpha value is -2.30. The highest BCUT2D eigenvalue weighted by Gasteiger charge is 2.29. The summed E-state index contributed by atoms with van der Waals surface area (Å²) in [4.78, 5) is 12.6. The van der Waals surface area contributed by atoms with Gasteiger partial charge in [0, 0.05) is 19.6 Å². The molecule has 0 unspecified atom stereocenters. The molecule has 0 radical (unpaired) electrons. The molecule has 0 saturated carbocycles. The predicted octanol–water partition coefficient (Wildman–Crippen LogP) is 4.00. The SMILES string of the molecule is O=C(NCc1ccc(OCC(F)(F)F)cc1)c1cc(S(=O)(=O)N2CCCC2)ccc1Cl. The van der Waals surface area contributed by atoms with Crippen LogP contribution in [0.25, 0.3) is 0 Å². The Bertz CT molecular complexity index is 1040. The van der Waals surface area contributed by atoms with Gasteiger partial charge in [-0.2, -0.15) is 17.5 Å². The molecule has 1 aliphatic heterocycles. The lowest BCUT2D eigenvalue weighted by Crippen LogP contribution is -2.28. The molecule has 3 rings (SSSR count). The zero-order valence-corrected chi connectivity index (χ0v) is 17.9. The average molecular weight is 477 g/mol. The van der Waals surface area contributed by atoms with Gasteiger partial charge in [-0.25, -0.2) is 8.42 Å². The number of nitrogens with one attached hydrogen (secondary N) is 1.